The molecule has 41 heavy (non-hydrogen) atoms. The van der Waals surface area contributed by atoms with Gasteiger partial charge in [-0.05, 0) is 42.7 Å². The van der Waals surface area contributed by atoms with Crippen molar-refractivity contribution in [2.45, 2.75) is 51.6 Å². The Morgan fingerprint density at radius 1 is 1.24 bits per heavy atom. The van der Waals surface area contributed by atoms with Gasteiger partial charge in [0.1, 0.15) is 11.5 Å². The number of aliphatic hydroxyl groups is 2. The summed E-state index contributed by atoms with van der Waals surface area (Å²) in [4.78, 5) is 21.9. The molecule has 1 saturated carbocycles. The fraction of sp³-hybridized carbons (Fsp3) is 0.667. The van der Waals surface area contributed by atoms with Crippen LogP contribution >= 0.6 is 11.3 Å². The summed E-state index contributed by atoms with van der Waals surface area (Å²) >= 11 is 1.57. The molecule has 1 aromatic carbocycles. The highest BCUT2D eigenvalue weighted by Crippen LogP contribution is 2.63. The molecule has 2 aromatic rings. The summed E-state index contributed by atoms with van der Waals surface area (Å²) in [5.74, 6) is 1.24. The van der Waals surface area contributed by atoms with E-state index in [2.05, 4.69) is 22.5 Å². The van der Waals surface area contributed by atoms with Gasteiger partial charge in [0, 0.05) is 54.9 Å². The minimum absolute atomic E-state index is 0.00190. The number of ether oxygens (including phenoxy) is 3. The number of carbonyl (C=O) groups is 1. The van der Waals surface area contributed by atoms with Crippen LogP contribution in [0.1, 0.15) is 49.6 Å². The first kappa shape index (κ1) is 30.0. The third-order valence-corrected chi connectivity index (χ3v) is 10.8. The maximum Gasteiger partial charge on any atom is 0.220 e. The number of amides is 1. The summed E-state index contributed by atoms with van der Waals surface area (Å²) in [6.45, 7) is 8.73. The van der Waals surface area contributed by atoms with Crippen LogP contribution in [0, 0.1) is 16.7 Å². The average molecular weight is 589 g/mol. The average Bonchev–Trinajstić information content (AvgIpc) is 3.38. The fourth-order valence-corrected chi connectivity index (χ4v) is 8.24. The molecule has 2 aliphatic carbocycles. The van der Waals surface area contributed by atoms with Crippen LogP contribution in [0.2, 0.25) is 0 Å². The van der Waals surface area contributed by atoms with Crippen molar-refractivity contribution < 1.29 is 29.2 Å². The number of aromatic nitrogens is 1. The molecule has 5 atom stereocenters. The minimum atomic E-state index is -0.663. The van der Waals surface area contributed by atoms with Crippen molar-refractivity contribution in [3.63, 3.8) is 0 Å². The van der Waals surface area contributed by atoms with E-state index in [1.807, 2.05) is 25.1 Å². The second-order valence-electron chi connectivity index (χ2n) is 12.1. The number of nitrogens with zero attached hydrogens (tertiary/aromatic N) is 2. The second kappa shape index (κ2) is 12.4. The Balaban J connectivity index is 1.42. The highest BCUT2D eigenvalue weighted by molar-refractivity contribution is 7.15. The number of fused-ring (bicyclic) bond motifs is 2. The number of methoxy groups -OCH3 is 2. The summed E-state index contributed by atoms with van der Waals surface area (Å²) in [6, 6.07) is 5.57. The van der Waals surface area contributed by atoms with Crippen LogP contribution in [-0.2, 0) is 16.0 Å². The highest BCUT2D eigenvalue weighted by Gasteiger charge is 2.59. The van der Waals surface area contributed by atoms with Crippen molar-refractivity contribution in [1.29, 1.82) is 0 Å². The van der Waals surface area contributed by atoms with E-state index in [4.69, 9.17) is 19.2 Å². The van der Waals surface area contributed by atoms with E-state index in [1.165, 1.54) is 0 Å². The SMILES string of the molecule is COc1ccc(OC)c(Nc2nc3c(s2)C[C@@H]2[C@](C)(CO)[C@H](O)CC[C@@]2(C)[C@@H]3CC(=O)NCCN2CCOCC2)c1. The maximum atomic E-state index is 13.4. The molecular formula is C30H44N4O6S. The van der Waals surface area contributed by atoms with Crippen LogP contribution in [0.5, 0.6) is 11.5 Å². The predicted octanol–water partition coefficient (Wildman–Crippen LogP) is 3.16. The molecular weight excluding hydrogens is 544 g/mol. The third-order valence-electron chi connectivity index (χ3n) is 9.79. The Morgan fingerprint density at radius 2 is 2.02 bits per heavy atom. The maximum absolute atomic E-state index is 13.4. The lowest BCUT2D eigenvalue weighted by Crippen LogP contribution is -2.57. The molecule has 0 radical (unpaired) electrons. The number of morpholine rings is 1. The number of thiazole rings is 1. The van der Waals surface area contributed by atoms with Gasteiger partial charge in [-0.3, -0.25) is 9.69 Å². The summed E-state index contributed by atoms with van der Waals surface area (Å²) in [5, 5.41) is 28.9. The van der Waals surface area contributed by atoms with Gasteiger partial charge in [-0.1, -0.05) is 13.8 Å². The van der Waals surface area contributed by atoms with Crippen molar-refractivity contribution in [3.8, 4) is 11.5 Å². The molecule has 5 rings (SSSR count). The Labute approximate surface area is 246 Å². The summed E-state index contributed by atoms with van der Waals surface area (Å²) in [6.07, 6.45) is 1.77. The number of aliphatic hydroxyl groups excluding tert-OH is 2. The Morgan fingerprint density at radius 3 is 2.73 bits per heavy atom. The number of hydrogen-bond donors (Lipinski definition) is 4. The molecule has 2 fully saturated rings. The lowest BCUT2D eigenvalue weighted by Gasteiger charge is -2.58. The van der Waals surface area contributed by atoms with Crippen LogP contribution in [0.4, 0.5) is 10.8 Å². The first-order chi connectivity index (χ1) is 19.7. The van der Waals surface area contributed by atoms with Gasteiger partial charge in [-0.2, -0.15) is 0 Å². The largest absolute Gasteiger partial charge is 0.497 e. The standard InChI is InChI=1S/C30H44N4O6S/c1-29-8-7-25(36)30(2,18-35)24(29)17-23-27(20(29)16-26(37)31-9-10-34-11-13-40-14-12-34)33-28(41-23)32-21-15-19(38-3)5-6-22(21)39-4/h5-6,15,20,24-25,35-36H,7-14,16-18H2,1-4H3,(H,31,37)(H,32,33)/t20-,24+,25-,29+,30+/m1/s1. The van der Waals surface area contributed by atoms with Crippen LogP contribution < -0.4 is 20.1 Å². The molecule has 4 N–H and O–H groups in total. The van der Waals surface area contributed by atoms with Crippen molar-refractivity contribution in [2.24, 2.45) is 16.7 Å². The molecule has 10 nitrogen and oxygen atoms in total. The van der Waals surface area contributed by atoms with Crippen LogP contribution in [-0.4, -0.2) is 92.3 Å². The lowest BCUT2D eigenvalue weighted by molar-refractivity contribution is -0.144. The van der Waals surface area contributed by atoms with Crippen molar-refractivity contribution in [1.82, 2.24) is 15.2 Å². The number of nitrogens with one attached hydrogen (secondary N) is 2. The normalized spacial score (nSPS) is 29.8. The Hall–Kier alpha value is -2.44. The number of carbonyl (C=O) groups excluding carboxylic acids is 1. The third kappa shape index (κ3) is 5.92. The molecule has 1 aromatic heterocycles. The molecule has 226 valence electrons. The quantitative estimate of drug-likeness (QED) is 0.331. The summed E-state index contributed by atoms with van der Waals surface area (Å²) in [5.41, 5.74) is 0.723. The Kier molecular flexibility index (Phi) is 9.10. The predicted molar refractivity (Wildman–Crippen MR) is 158 cm³/mol. The van der Waals surface area contributed by atoms with Gasteiger partial charge in [-0.15, -0.1) is 11.3 Å². The van der Waals surface area contributed by atoms with Gasteiger partial charge in [-0.25, -0.2) is 4.98 Å². The van der Waals surface area contributed by atoms with E-state index >= 15 is 0 Å². The zero-order chi connectivity index (χ0) is 29.2. The van der Waals surface area contributed by atoms with E-state index in [0.29, 0.717) is 42.4 Å². The topological polar surface area (TPSA) is 125 Å². The van der Waals surface area contributed by atoms with Gasteiger partial charge >= 0.3 is 0 Å². The molecule has 0 spiro atoms. The number of anilines is 2. The van der Waals surface area contributed by atoms with E-state index in [-0.39, 0.29) is 29.8 Å². The van der Waals surface area contributed by atoms with Crippen LogP contribution in [0.15, 0.2) is 18.2 Å². The van der Waals surface area contributed by atoms with Gasteiger partial charge in [0.25, 0.3) is 0 Å². The molecule has 0 bridgehead atoms. The van der Waals surface area contributed by atoms with Gasteiger partial charge in [0.2, 0.25) is 5.91 Å². The number of hydrogen-bond acceptors (Lipinski definition) is 10. The van der Waals surface area contributed by atoms with E-state index < -0.39 is 11.5 Å². The Bertz CT molecular complexity index is 1220. The monoisotopic (exact) mass is 588 g/mol. The number of benzene rings is 1. The molecule has 3 aliphatic rings. The molecule has 11 heteroatoms. The van der Waals surface area contributed by atoms with E-state index in [0.717, 1.165) is 55.5 Å². The van der Waals surface area contributed by atoms with Gasteiger partial charge in [0.05, 0.1) is 51.5 Å². The van der Waals surface area contributed by atoms with Gasteiger partial charge in [0.15, 0.2) is 5.13 Å². The van der Waals surface area contributed by atoms with Crippen LogP contribution in [0.25, 0.3) is 0 Å². The van der Waals surface area contributed by atoms with Crippen molar-refractivity contribution >= 4 is 28.1 Å². The molecule has 2 heterocycles. The van der Waals surface area contributed by atoms with Crippen LogP contribution in [0.3, 0.4) is 0 Å². The summed E-state index contributed by atoms with van der Waals surface area (Å²) < 4.78 is 16.4. The number of rotatable bonds is 10. The zero-order valence-corrected chi connectivity index (χ0v) is 25.4. The second-order valence-corrected chi connectivity index (χ2v) is 13.1. The highest BCUT2D eigenvalue weighted by atomic mass is 32.1. The summed E-state index contributed by atoms with van der Waals surface area (Å²) in [7, 11) is 3.25. The fourth-order valence-electron chi connectivity index (χ4n) is 7.16. The van der Waals surface area contributed by atoms with Gasteiger partial charge < -0.3 is 35.1 Å². The van der Waals surface area contributed by atoms with Crippen molar-refractivity contribution in [3.05, 3.63) is 28.8 Å². The molecule has 1 saturated heterocycles. The van der Waals surface area contributed by atoms with Crippen molar-refractivity contribution in [2.75, 3.05) is 65.5 Å². The first-order valence-electron chi connectivity index (χ1n) is 14.6. The minimum Gasteiger partial charge on any atom is -0.497 e. The van der Waals surface area contributed by atoms with E-state index in [1.54, 1.807) is 25.6 Å². The molecule has 1 amide bonds. The zero-order valence-electron chi connectivity index (χ0n) is 24.6. The van der Waals surface area contributed by atoms with E-state index in [9.17, 15) is 15.0 Å². The molecule has 1 aliphatic heterocycles. The lowest BCUT2D eigenvalue weighted by atomic mass is 9.47. The first-order valence-corrected chi connectivity index (χ1v) is 15.4. The molecule has 0 unspecified atom stereocenters. The smallest absolute Gasteiger partial charge is 0.220 e.